The van der Waals surface area contributed by atoms with E-state index >= 15 is 0 Å². The number of aliphatic hydroxyl groups is 2. The van der Waals surface area contributed by atoms with Gasteiger partial charge in [-0.15, -0.1) is 0 Å². The summed E-state index contributed by atoms with van der Waals surface area (Å²) in [6.45, 7) is 2.20. The maximum atomic E-state index is 10.3. The number of aliphatic carboxylic acids is 1. The summed E-state index contributed by atoms with van der Waals surface area (Å²) < 4.78 is 0. The molecule has 0 aromatic carbocycles. The first-order chi connectivity index (χ1) is 8.56. The van der Waals surface area contributed by atoms with Crippen molar-refractivity contribution in [3.63, 3.8) is 0 Å². The lowest BCUT2D eigenvalue weighted by atomic mass is 9.88. The van der Waals surface area contributed by atoms with Gasteiger partial charge in [-0.1, -0.05) is 19.1 Å². The summed E-state index contributed by atoms with van der Waals surface area (Å²) in [5, 5.41) is 27.7. The lowest BCUT2D eigenvalue weighted by Gasteiger charge is -2.20. The Labute approximate surface area is 108 Å². The molecule has 1 aliphatic carbocycles. The third-order valence-electron chi connectivity index (χ3n) is 3.94. The zero-order chi connectivity index (χ0) is 13.5. The number of allylic oxidation sites excluding steroid dienone is 2. The number of carboxylic acids is 1. The predicted octanol–water partition coefficient (Wildman–Crippen LogP) is 1.81. The van der Waals surface area contributed by atoms with E-state index in [1.54, 1.807) is 0 Å². The molecule has 0 heterocycles. The van der Waals surface area contributed by atoms with Gasteiger partial charge in [0.2, 0.25) is 0 Å². The number of rotatable bonds is 7. The van der Waals surface area contributed by atoms with Crippen LogP contribution in [0.3, 0.4) is 0 Å². The molecular formula is C14H24O4. The van der Waals surface area contributed by atoms with Crippen molar-refractivity contribution in [3.8, 4) is 0 Å². The lowest BCUT2D eigenvalue weighted by molar-refractivity contribution is -0.137. The van der Waals surface area contributed by atoms with E-state index in [0.717, 1.165) is 19.3 Å². The number of carbonyl (C=O) groups is 1. The molecule has 4 nitrogen and oxygen atoms in total. The summed E-state index contributed by atoms with van der Waals surface area (Å²) in [4.78, 5) is 10.3. The molecular weight excluding hydrogens is 232 g/mol. The third kappa shape index (κ3) is 4.42. The van der Waals surface area contributed by atoms with Gasteiger partial charge in [-0.05, 0) is 43.4 Å². The number of unbranched alkanes of at least 4 members (excludes halogenated alkanes) is 1. The highest BCUT2D eigenvalue weighted by molar-refractivity contribution is 5.66. The van der Waals surface area contributed by atoms with Crippen LogP contribution < -0.4 is 0 Å². The first-order valence-electron chi connectivity index (χ1n) is 6.72. The predicted molar refractivity (Wildman–Crippen MR) is 69.1 cm³/mol. The van der Waals surface area contributed by atoms with E-state index in [2.05, 4.69) is 6.92 Å². The molecule has 0 radical (unpaired) electrons. The fraction of sp³-hybridized carbons (Fsp3) is 0.786. The van der Waals surface area contributed by atoms with Gasteiger partial charge in [0.15, 0.2) is 0 Å². The molecule has 4 heteroatoms. The molecule has 0 unspecified atom stereocenters. The second-order valence-corrected chi connectivity index (χ2v) is 5.28. The first-order valence-corrected chi connectivity index (χ1v) is 6.72. The molecule has 0 aliphatic heterocycles. The summed E-state index contributed by atoms with van der Waals surface area (Å²) in [6, 6.07) is 0. The Kier molecular flexibility index (Phi) is 6.36. The van der Waals surface area contributed by atoms with Gasteiger partial charge in [-0.3, -0.25) is 4.79 Å². The van der Waals surface area contributed by atoms with Crippen LogP contribution in [-0.4, -0.2) is 34.0 Å². The number of hydrogen-bond acceptors (Lipinski definition) is 3. The molecule has 1 aliphatic rings. The zero-order valence-corrected chi connectivity index (χ0v) is 11.0. The van der Waals surface area contributed by atoms with Crippen LogP contribution in [0.15, 0.2) is 12.2 Å². The summed E-state index contributed by atoms with van der Waals surface area (Å²) in [5.41, 5.74) is 0. The first kappa shape index (κ1) is 15.2. The van der Waals surface area contributed by atoms with Crippen molar-refractivity contribution >= 4 is 5.97 Å². The second-order valence-electron chi connectivity index (χ2n) is 5.28. The smallest absolute Gasteiger partial charge is 0.303 e. The van der Waals surface area contributed by atoms with Crippen molar-refractivity contribution < 1.29 is 20.1 Å². The van der Waals surface area contributed by atoms with Crippen molar-refractivity contribution in [2.75, 3.05) is 6.61 Å². The van der Waals surface area contributed by atoms with Crippen LogP contribution >= 0.6 is 0 Å². The topological polar surface area (TPSA) is 77.8 Å². The molecule has 0 saturated heterocycles. The average Bonchev–Trinajstić information content (AvgIpc) is 2.57. The number of aliphatic hydroxyl groups excluding tert-OH is 2. The van der Waals surface area contributed by atoms with Gasteiger partial charge in [-0.25, -0.2) is 0 Å². The fourth-order valence-electron chi connectivity index (χ4n) is 2.83. The zero-order valence-electron chi connectivity index (χ0n) is 11.0. The quantitative estimate of drug-likeness (QED) is 0.479. The van der Waals surface area contributed by atoms with Gasteiger partial charge in [-0.2, -0.15) is 0 Å². The molecule has 1 saturated carbocycles. The monoisotopic (exact) mass is 256 g/mol. The van der Waals surface area contributed by atoms with E-state index in [1.807, 2.05) is 12.2 Å². The molecule has 4 atom stereocenters. The standard InChI is InChI=1S/C14H24O4/c1-10-8-13(16)11(12(10)9-15)6-4-2-3-5-7-14(17)18/h2,4,10-13,15-16H,3,5-9H2,1H3,(H,17,18)/b4-2-/t10-,11-,12+,13+/m1/s1. The third-order valence-corrected chi connectivity index (χ3v) is 3.94. The molecule has 0 spiro atoms. The molecule has 1 rings (SSSR count). The number of hydrogen-bond donors (Lipinski definition) is 3. The summed E-state index contributed by atoms with van der Waals surface area (Å²) >= 11 is 0. The molecule has 0 aromatic rings. The van der Waals surface area contributed by atoms with Crippen LogP contribution in [0.4, 0.5) is 0 Å². The van der Waals surface area contributed by atoms with Gasteiger partial charge in [0, 0.05) is 13.0 Å². The van der Waals surface area contributed by atoms with Gasteiger partial charge in [0.1, 0.15) is 0 Å². The minimum absolute atomic E-state index is 0.135. The Balaban J connectivity index is 2.29. The van der Waals surface area contributed by atoms with Gasteiger partial charge < -0.3 is 15.3 Å². The van der Waals surface area contributed by atoms with Crippen molar-refractivity contribution in [1.29, 1.82) is 0 Å². The van der Waals surface area contributed by atoms with E-state index in [0.29, 0.717) is 12.3 Å². The minimum Gasteiger partial charge on any atom is -0.481 e. The van der Waals surface area contributed by atoms with E-state index in [1.165, 1.54) is 0 Å². The maximum Gasteiger partial charge on any atom is 0.303 e. The Morgan fingerprint density at radius 1 is 1.33 bits per heavy atom. The Morgan fingerprint density at radius 3 is 2.67 bits per heavy atom. The van der Waals surface area contributed by atoms with Crippen molar-refractivity contribution in [2.24, 2.45) is 17.8 Å². The maximum absolute atomic E-state index is 10.3. The van der Waals surface area contributed by atoms with E-state index in [-0.39, 0.29) is 31.0 Å². The van der Waals surface area contributed by atoms with Crippen LogP contribution in [0.25, 0.3) is 0 Å². The Morgan fingerprint density at radius 2 is 2.06 bits per heavy atom. The van der Waals surface area contributed by atoms with Crippen LogP contribution in [0, 0.1) is 17.8 Å². The molecule has 0 aromatic heterocycles. The molecule has 18 heavy (non-hydrogen) atoms. The van der Waals surface area contributed by atoms with Crippen molar-refractivity contribution in [1.82, 2.24) is 0 Å². The molecule has 0 amide bonds. The highest BCUT2D eigenvalue weighted by Crippen LogP contribution is 2.38. The van der Waals surface area contributed by atoms with Gasteiger partial charge in [0.25, 0.3) is 0 Å². The molecule has 3 N–H and O–H groups in total. The van der Waals surface area contributed by atoms with Gasteiger partial charge in [0.05, 0.1) is 6.10 Å². The summed E-state index contributed by atoms with van der Waals surface area (Å²) in [7, 11) is 0. The van der Waals surface area contributed by atoms with Crippen LogP contribution in [0.5, 0.6) is 0 Å². The van der Waals surface area contributed by atoms with Crippen molar-refractivity contribution in [3.05, 3.63) is 12.2 Å². The van der Waals surface area contributed by atoms with Crippen molar-refractivity contribution in [2.45, 2.75) is 45.1 Å². The molecule has 0 bridgehead atoms. The van der Waals surface area contributed by atoms with Crippen LogP contribution in [0.1, 0.15) is 39.0 Å². The average molecular weight is 256 g/mol. The van der Waals surface area contributed by atoms with Crippen LogP contribution in [-0.2, 0) is 4.79 Å². The molecule has 104 valence electrons. The highest BCUT2D eigenvalue weighted by Gasteiger charge is 2.38. The second kappa shape index (κ2) is 7.54. The minimum atomic E-state index is -0.760. The highest BCUT2D eigenvalue weighted by atomic mass is 16.4. The lowest BCUT2D eigenvalue weighted by Crippen LogP contribution is -2.22. The Hall–Kier alpha value is -0.870. The van der Waals surface area contributed by atoms with E-state index < -0.39 is 5.97 Å². The van der Waals surface area contributed by atoms with Crippen LogP contribution in [0.2, 0.25) is 0 Å². The largest absolute Gasteiger partial charge is 0.481 e. The van der Waals surface area contributed by atoms with E-state index in [4.69, 9.17) is 5.11 Å². The van der Waals surface area contributed by atoms with E-state index in [9.17, 15) is 15.0 Å². The number of carboxylic acid groups (broad SMARTS) is 1. The molecule has 1 fully saturated rings. The summed E-state index contributed by atoms with van der Waals surface area (Å²) in [6.07, 6.45) is 6.82. The van der Waals surface area contributed by atoms with Gasteiger partial charge >= 0.3 is 5.97 Å². The SMILES string of the molecule is C[C@@H]1C[C@H](O)[C@H](C/C=C\CCCC(=O)O)[C@H]1CO. The summed E-state index contributed by atoms with van der Waals surface area (Å²) in [5.74, 6) is -0.0661. The normalized spacial score (nSPS) is 32.2. The fourth-order valence-corrected chi connectivity index (χ4v) is 2.83. The Bertz CT molecular complexity index is 288.